The van der Waals surface area contributed by atoms with Crippen molar-refractivity contribution < 1.29 is 23.1 Å². The van der Waals surface area contributed by atoms with Crippen molar-refractivity contribution >= 4 is 27.7 Å². The number of carbonyl (C=O) groups excluding carboxylic acids is 1. The zero-order valence-corrected chi connectivity index (χ0v) is 19.6. The molecule has 1 unspecified atom stereocenters. The molecule has 34 heavy (non-hydrogen) atoms. The molecule has 1 aliphatic heterocycles. The third-order valence-electron chi connectivity index (χ3n) is 6.14. The van der Waals surface area contributed by atoms with Gasteiger partial charge >= 0.3 is 0 Å². The van der Waals surface area contributed by atoms with Crippen LogP contribution in [0.1, 0.15) is 29.7 Å². The van der Waals surface area contributed by atoms with E-state index in [0.717, 1.165) is 5.56 Å². The summed E-state index contributed by atoms with van der Waals surface area (Å²) < 4.78 is 31.9. The number of nitriles is 1. The van der Waals surface area contributed by atoms with Gasteiger partial charge < -0.3 is 20.1 Å². The van der Waals surface area contributed by atoms with Crippen molar-refractivity contribution in [3.63, 3.8) is 0 Å². The van der Waals surface area contributed by atoms with Gasteiger partial charge in [0.25, 0.3) is 5.91 Å². The number of aliphatic hydroxyl groups excluding tert-OH is 1. The average Bonchev–Trinajstić information content (AvgIpc) is 3.65. The zero-order valence-electron chi connectivity index (χ0n) is 18.8. The number of nitrogens with zero attached hydrogens (tertiary/aromatic N) is 3. The fraction of sp³-hybridized carbons (Fsp3) is 0.348. The molecular formula is C23H25N5O5S. The quantitative estimate of drug-likeness (QED) is 0.502. The average molecular weight is 484 g/mol. The molecule has 0 bridgehead atoms. The first-order valence-electron chi connectivity index (χ1n) is 10.7. The van der Waals surface area contributed by atoms with Gasteiger partial charge in [-0.3, -0.25) is 9.78 Å². The summed E-state index contributed by atoms with van der Waals surface area (Å²) in [5.74, 6) is -0.0862. The molecule has 1 fully saturated rings. The summed E-state index contributed by atoms with van der Waals surface area (Å²) in [6.45, 7) is 0.196. The number of anilines is 1. The maximum absolute atomic E-state index is 12.8. The van der Waals surface area contributed by atoms with Crippen LogP contribution in [0, 0.1) is 11.3 Å². The minimum absolute atomic E-state index is 0.0296. The number of benzene rings is 1. The van der Waals surface area contributed by atoms with Gasteiger partial charge in [-0.05, 0) is 43.7 Å². The second kappa shape index (κ2) is 9.06. The summed E-state index contributed by atoms with van der Waals surface area (Å²) >= 11 is 0. The van der Waals surface area contributed by atoms with E-state index in [1.54, 1.807) is 37.4 Å². The first-order chi connectivity index (χ1) is 16.2. The highest BCUT2D eigenvalue weighted by Gasteiger charge is 2.55. The Hall–Kier alpha value is -3.46. The molecule has 2 aromatic rings. The topological polar surface area (TPSA) is 145 Å². The fourth-order valence-corrected chi connectivity index (χ4v) is 5.09. The molecule has 0 spiro atoms. The van der Waals surface area contributed by atoms with E-state index in [0.29, 0.717) is 35.5 Å². The van der Waals surface area contributed by atoms with Crippen LogP contribution in [0.2, 0.25) is 0 Å². The van der Waals surface area contributed by atoms with Crippen molar-refractivity contribution in [1.29, 1.82) is 5.26 Å². The first-order valence-corrected chi connectivity index (χ1v) is 12.1. The van der Waals surface area contributed by atoms with Crippen molar-refractivity contribution in [1.82, 2.24) is 15.0 Å². The third kappa shape index (κ3) is 4.35. The van der Waals surface area contributed by atoms with Gasteiger partial charge in [0.1, 0.15) is 22.8 Å². The van der Waals surface area contributed by atoms with Crippen LogP contribution in [-0.2, 0) is 21.4 Å². The SMILES string of the molecule is CNS(=O)(=O)C1(COc2ccnc3c2N(C)C(O)C(C(=O)NCc2ccc(C#N)cc2)=C3)CC1. The molecule has 1 aromatic carbocycles. The lowest BCUT2D eigenvalue weighted by Gasteiger charge is -2.33. The first kappa shape index (κ1) is 23.7. The monoisotopic (exact) mass is 483 g/mol. The summed E-state index contributed by atoms with van der Waals surface area (Å²) in [6, 6.07) is 10.5. The smallest absolute Gasteiger partial charge is 0.252 e. The molecule has 1 saturated carbocycles. The second-order valence-corrected chi connectivity index (χ2v) is 10.6. The van der Waals surface area contributed by atoms with Gasteiger partial charge in [-0.2, -0.15) is 5.26 Å². The number of aliphatic hydroxyl groups is 1. The summed E-state index contributed by atoms with van der Waals surface area (Å²) in [4.78, 5) is 18.6. The molecule has 3 N–H and O–H groups in total. The van der Waals surface area contributed by atoms with Crippen LogP contribution in [0.4, 0.5) is 5.69 Å². The Morgan fingerprint density at radius 2 is 2.03 bits per heavy atom. The molecule has 2 aliphatic rings. The third-order valence-corrected chi connectivity index (χ3v) is 8.34. The predicted molar refractivity (Wildman–Crippen MR) is 125 cm³/mol. The van der Waals surface area contributed by atoms with Gasteiger partial charge in [-0.15, -0.1) is 0 Å². The van der Waals surface area contributed by atoms with E-state index in [1.807, 2.05) is 6.07 Å². The number of pyridine rings is 1. The summed E-state index contributed by atoms with van der Waals surface area (Å²) in [6.07, 6.45) is 2.76. The van der Waals surface area contributed by atoms with Crippen LogP contribution in [0.5, 0.6) is 5.75 Å². The molecule has 1 atom stereocenters. The number of nitrogens with one attached hydrogen (secondary N) is 2. The molecule has 4 rings (SSSR count). The maximum atomic E-state index is 12.8. The summed E-state index contributed by atoms with van der Waals surface area (Å²) in [5.41, 5.74) is 2.35. The molecule has 11 heteroatoms. The Morgan fingerprint density at radius 3 is 2.65 bits per heavy atom. The number of amides is 1. The lowest BCUT2D eigenvalue weighted by Crippen LogP contribution is -2.42. The number of likely N-dealkylation sites (N-methyl/N-ethyl adjacent to an activating group) is 1. The van der Waals surface area contributed by atoms with Crippen LogP contribution in [-0.4, -0.2) is 56.1 Å². The van der Waals surface area contributed by atoms with E-state index in [2.05, 4.69) is 15.0 Å². The Balaban J connectivity index is 1.51. The molecule has 1 aliphatic carbocycles. The number of ether oxygens (including phenoxy) is 1. The number of aromatic nitrogens is 1. The van der Waals surface area contributed by atoms with E-state index in [4.69, 9.17) is 10.00 Å². The van der Waals surface area contributed by atoms with Crippen LogP contribution in [0.15, 0.2) is 42.1 Å². The molecule has 1 amide bonds. The van der Waals surface area contributed by atoms with Crippen LogP contribution in [0.25, 0.3) is 6.08 Å². The number of hydrogen-bond acceptors (Lipinski definition) is 8. The molecule has 10 nitrogen and oxygen atoms in total. The molecule has 0 saturated heterocycles. The van der Waals surface area contributed by atoms with E-state index in [1.165, 1.54) is 24.2 Å². The highest BCUT2D eigenvalue weighted by molar-refractivity contribution is 7.91. The number of sulfonamides is 1. The summed E-state index contributed by atoms with van der Waals surface area (Å²) in [7, 11) is -0.501. The van der Waals surface area contributed by atoms with E-state index in [9.17, 15) is 18.3 Å². The predicted octanol–water partition coefficient (Wildman–Crippen LogP) is 0.882. The highest BCUT2D eigenvalue weighted by atomic mass is 32.2. The van der Waals surface area contributed by atoms with Gasteiger partial charge in [0.2, 0.25) is 10.0 Å². The second-order valence-electron chi connectivity index (χ2n) is 8.30. The van der Waals surface area contributed by atoms with Crippen molar-refractivity contribution in [2.75, 3.05) is 25.6 Å². The lowest BCUT2D eigenvalue weighted by molar-refractivity contribution is -0.118. The largest absolute Gasteiger partial charge is 0.490 e. The van der Waals surface area contributed by atoms with Gasteiger partial charge in [0.15, 0.2) is 6.23 Å². The van der Waals surface area contributed by atoms with Gasteiger partial charge in [0.05, 0.1) is 22.9 Å². The Labute approximate surface area is 197 Å². The van der Waals surface area contributed by atoms with E-state index in [-0.39, 0.29) is 18.7 Å². The van der Waals surface area contributed by atoms with Gasteiger partial charge in [0, 0.05) is 25.9 Å². The van der Waals surface area contributed by atoms with E-state index >= 15 is 0 Å². The van der Waals surface area contributed by atoms with Crippen molar-refractivity contribution in [2.24, 2.45) is 0 Å². The molecular weight excluding hydrogens is 458 g/mol. The minimum atomic E-state index is -3.49. The Kier molecular flexibility index (Phi) is 6.31. The Morgan fingerprint density at radius 1 is 1.32 bits per heavy atom. The number of rotatable bonds is 8. The minimum Gasteiger partial charge on any atom is -0.490 e. The van der Waals surface area contributed by atoms with Crippen LogP contribution in [0.3, 0.4) is 0 Å². The van der Waals surface area contributed by atoms with Gasteiger partial charge in [-0.1, -0.05) is 12.1 Å². The number of carbonyl (C=O) groups is 1. The van der Waals surface area contributed by atoms with Crippen LogP contribution < -0.4 is 19.7 Å². The molecule has 178 valence electrons. The van der Waals surface area contributed by atoms with E-state index < -0.39 is 26.9 Å². The zero-order chi connectivity index (χ0) is 24.5. The van der Waals surface area contributed by atoms with Gasteiger partial charge in [-0.25, -0.2) is 13.1 Å². The lowest BCUT2D eigenvalue weighted by atomic mass is 10.0. The molecule has 0 radical (unpaired) electrons. The number of hydrogen-bond donors (Lipinski definition) is 3. The highest BCUT2D eigenvalue weighted by Crippen LogP contribution is 2.44. The summed E-state index contributed by atoms with van der Waals surface area (Å²) in [5, 5.41) is 22.5. The van der Waals surface area contributed by atoms with Crippen molar-refractivity contribution in [2.45, 2.75) is 30.4 Å². The molecule has 1 aromatic heterocycles. The maximum Gasteiger partial charge on any atom is 0.252 e. The van der Waals surface area contributed by atoms with Crippen LogP contribution >= 0.6 is 0 Å². The normalized spacial score (nSPS) is 18.4. The number of fused-ring (bicyclic) bond motifs is 1. The van der Waals surface area contributed by atoms with Crippen molar-refractivity contribution in [3.8, 4) is 11.8 Å². The Bertz CT molecular complexity index is 1280. The van der Waals surface area contributed by atoms with Crippen molar-refractivity contribution in [3.05, 3.63) is 58.9 Å². The standard InChI is InChI=1S/C23H25N5O5S/c1-25-34(31,32)23(8-9-23)14-33-19-7-10-26-18-11-17(22(30)28(2)20(18)19)21(29)27-13-16-5-3-15(12-24)4-6-16/h3-7,10-11,22,25,30H,8-9,13-14H2,1-2H3,(H,27,29). The molecule has 2 heterocycles. The fourth-order valence-electron chi connectivity index (χ4n) is 3.80.